The van der Waals surface area contributed by atoms with Crippen molar-refractivity contribution in [3.05, 3.63) is 71.8 Å². The summed E-state index contributed by atoms with van der Waals surface area (Å²) in [6, 6.07) is 19.2. The van der Waals surface area contributed by atoms with E-state index < -0.39 is 5.54 Å². The molecule has 2 aromatic rings. The fourth-order valence-electron chi connectivity index (χ4n) is 3.42. The molecule has 0 spiro atoms. The van der Waals surface area contributed by atoms with E-state index in [0.29, 0.717) is 13.0 Å². The van der Waals surface area contributed by atoms with E-state index in [9.17, 15) is 9.59 Å². The summed E-state index contributed by atoms with van der Waals surface area (Å²) in [7, 11) is 0. The Kier molecular flexibility index (Phi) is 5.38. The van der Waals surface area contributed by atoms with Gasteiger partial charge in [0.25, 0.3) is 5.91 Å². The lowest BCUT2D eigenvalue weighted by molar-refractivity contribution is -0.133. The first-order chi connectivity index (χ1) is 12.6. The third-order valence-corrected chi connectivity index (χ3v) is 5.01. The zero-order valence-corrected chi connectivity index (χ0v) is 15.3. The van der Waals surface area contributed by atoms with Crippen molar-refractivity contribution in [2.75, 3.05) is 13.2 Å². The zero-order valence-electron chi connectivity index (χ0n) is 15.3. The predicted octanol–water partition coefficient (Wildman–Crippen LogP) is 3.32. The molecule has 0 radical (unpaired) electrons. The minimum atomic E-state index is -0.968. The fraction of sp³-hybridized carbons (Fsp3) is 0.333. The van der Waals surface area contributed by atoms with Crippen molar-refractivity contribution in [1.82, 2.24) is 15.1 Å². The third-order valence-electron chi connectivity index (χ3n) is 5.01. The first-order valence-corrected chi connectivity index (χ1v) is 9.06. The van der Waals surface area contributed by atoms with Crippen molar-refractivity contribution >= 4 is 11.9 Å². The van der Waals surface area contributed by atoms with Crippen LogP contribution >= 0.6 is 0 Å². The Morgan fingerprint density at radius 3 is 2.15 bits per heavy atom. The van der Waals surface area contributed by atoms with E-state index in [1.54, 1.807) is 0 Å². The van der Waals surface area contributed by atoms with Gasteiger partial charge in [-0.2, -0.15) is 0 Å². The highest BCUT2D eigenvalue weighted by Crippen LogP contribution is 2.32. The van der Waals surface area contributed by atoms with Crippen molar-refractivity contribution in [2.24, 2.45) is 0 Å². The SMILES string of the molecule is CCN(Cc1ccccc1)CN1C(=O)N[C@](CC)(c2ccccc2)C1=O. The summed E-state index contributed by atoms with van der Waals surface area (Å²) in [6.07, 6.45) is 0.517. The summed E-state index contributed by atoms with van der Waals surface area (Å²) in [6.45, 7) is 5.68. The maximum atomic E-state index is 13.2. The predicted molar refractivity (Wildman–Crippen MR) is 101 cm³/mol. The number of carbonyl (C=O) groups is 2. The highest BCUT2D eigenvalue weighted by Gasteiger charge is 2.51. The number of amides is 3. The molecule has 1 aliphatic heterocycles. The van der Waals surface area contributed by atoms with Gasteiger partial charge in [-0.15, -0.1) is 0 Å². The number of imide groups is 1. The molecule has 26 heavy (non-hydrogen) atoms. The van der Waals surface area contributed by atoms with E-state index in [2.05, 4.69) is 22.3 Å². The van der Waals surface area contributed by atoms with E-state index in [1.807, 2.05) is 62.4 Å². The molecule has 136 valence electrons. The molecule has 5 nitrogen and oxygen atoms in total. The summed E-state index contributed by atoms with van der Waals surface area (Å²) >= 11 is 0. The van der Waals surface area contributed by atoms with E-state index >= 15 is 0 Å². The lowest BCUT2D eigenvalue weighted by Gasteiger charge is -2.28. The molecule has 1 fully saturated rings. The summed E-state index contributed by atoms with van der Waals surface area (Å²) in [5, 5.41) is 2.94. The highest BCUT2D eigenvalue weighted by molar-refractivity contribution is 6.07. The summed E-state index contributed by atoms with van der Waals surface area (Å²) < 4.78 is 0. The van der Waals surface area contributed by atoms with Crippen LogP contribution < -0.4 is 5.32 Å². The molecule has 0 aliphatic carbocycles. The lowest BCUT2D eigenvalue weighted by atomic mass is 9.87. The van der Waals surface area contributed by atoms with Crippen molar-refractivity contribution < 1.29 is 9.59 Å². The molecule has 0 bridgehead atoms. The minimum absolute atomic E-state index is 0.178. The van der Waals surface area contributed by atoms with E-state index in [-0.39, 0.29) is 18.6 Å². The molecule has 1 heterocycles. The Hall–Kier alpha value is -2.66. The van der Waals surface area contributed by atoms with Gasteiger partial charge in [-0.05, 0) is 24.1 Å². The number of rotatable bonds is 7. The number of hydrogen-bond acceptors (Lipinski definition) is 3. The number of urea groups is 1. The Labute approximate surface area is 154 Å². The average molecular weight is 351 g/mol. The van der Waals surface area contributed by atoms with Crippen LogP contribution in [0.3, 0.4) is 0 Å². The first kappa shape index (κ1) is 18.1. The topological polar surface area (TPSA) is 52.6 Å². The maximum Gasteiger partial charge on any atom is 0.326 e. The van der Waals surface area contributed by atoms with Gasteiger partial charge in [0.15, 0.2) is 0 Å². The van der Waals surface area contributed by atoms with E-state index in [1.165, 1.54) is 4.90 Å². The lowest BCUT2D eigenvalue weighted by Crippen LogP contribution is -2.45. The van der Waals surface area contributed by atoms with Crippen LogP contribution in [0.2, 0.25) is 0 Å². The van der Waals surface area contributed by atoms with Crippen LogP contribution in [0, 0.1) is 0 Å². The quantitative estimate of drug-likeness (QED) is 0.779. The molecule has 2 aromatic carbocycles. The molecule has 1 atom stereocenters. The molecule has 0 saturated carbocycles. The number of benzene rings is 2. The molecule has 1 N–H and O–H groups in total. The van der Waals surface area contributed by atoms with Crippen molar-refractivity contribution in [2.45, 2.75) is 32.4 Å². The van der Waals surface area contributed by atoms with Gasteiger partial charge in [0.2, 0.25) is 0 Å². The standard InChI is InChI=1S/C21H25N3O2/c1-3-21(18-13-9-6-10-14-18)19(25)24(20(26)22-21)16-23(4-2)15-17-11-7-5-8-12-17/h5-14H,3-4,15-16H2,1-2H3,(H,22,26)/t21-/m1/s1. The van der Waals surface area contributed by atoms with Gasteiger partial charge in [0.1, 0.15) is 5.54 Å². The van der Waals surface area contributed by atoms with Crippen molar-refractivity contribution in [3.63, 3.8) is 0 Å². The normalized spacial score (nSPS) is 19.9. The molecule has 0 aromatic heterocycles. The Morgan fingerprint density at radius 1 is 0.962 bits per heavy atom. The monoisotopic (exact) mass is 351 g/mol. The first-order valence-electron chi connectivity index (χ1n) is 9.06. The van der Waals surface area contributed by atoms with Crippen LogP contribution in [0.4, 0.5) is 4.79 Å². The highest BCUT2D eigenvalue weighted by atomic mass is 16.2. The van der Waals surface area contributed by atoms with Crippen LogP contribution in [0.5, 0.6) is 0 Å². The van der Waals surface area contributed by atoms with Gasteiger partial charge in [0.05, 0.1) is 6.67 Å². The van der Waals surface area contributed by atoms with E-state index in [0.717, 1.165) is 17.7 Å². The molecular weight excluding hydrogens is 326 g/mol. The van der Waals surface area contributed by atoms with Crippen LogP contribution in [0.1, 0.15) is 31.4 Å². The molecular formula is C21H25N3O2. The van der Waals surface area contributed by atoms with Gasteiger partial charge in [-0.3, -0.25) is 9.69 Å². The Balaban J connectivity index is 1.80. The Morgan fingerprint density at radius 2 is 1.58 bits per heavy atom. The van der Waals surface area contributed by atoms with Gasteiger partial charge < -0.3 is 5.32 Å². The summed E-state index contributed by atoms with van der Waals surface area (Å²) in [5.41, 5.74) is 1.02. The average Bonchev–Trinajstić information content (AvgIpc) is 2.94. The molecule has 3 amide bonds. The second kappa shape index (κ2) is 7.70. The molecule has 0 unspecified atom stereocenters. The zero-order chi connectivity index (χ0) is 18.6. The number of nitrogens with zero attached hydrogens (tertiary/aromatic N) is 2. The third kappa shape index (κ3) is 3.35. The Bertz CT molecular complexity index is 763. The van der Waals surface area contributed by atoms with Gasteiger partial charge >= 0.3 is 6.03 Å². The molecule has 1 aliphatic rings. The molecule has 5 heteroatoms. The van der Waals surface area contributed by atoms with Gasteiger partial charge in [0, 0.05) is 6.54 Å². The van der Waals surface area contributed by atoms with Crippen molar-refractivity contribution in [1.29, 1.82) is 0 Å². The smallest absolute Gasteiger partial charge is 0.319 e. The fourth-order valence-corrected chi connectivity index (χ4v) is 3.42. The maximum absolute atomic E-state index is 13.2. The number of nitrogens with one attached hydrogen (secondary N) is 1. The van der Waals surface area contributed by atoms with Crippen LogP contribution in [-0.4, -0.2) is 35.0 Å². The van der Waals surface area contributed by atoms with Gasteiger partial charge in [-0.1, -0.05) is 74.5 Å². The van der Waals surface area contributed by atoms with Crippen LogP contribution in [0.25, 0.3) is 0 Å². The molecule has 3 rings (SSSR count). The summed E-state index contributed by atoms with van der Waals surface area (Å²) in [4.78, 5) is 29.2. The van der Waals surface area contributed by atoms with Crippen molar-refractivity contribution in [3.8, 4) is 0 Å². The van der Waals surface area contributed by atoms with Crippen LogP contribution in [-0.2, 0) is 16.9 Å². The summed E-state index contributed by atoms with van der Waals surface area (Å²) in [5.74, 6) is -0.178. The van der Waals surface area contributed by atoms with E-state index in [4.69, 9.17) is 0 Å². The number of carbonyl (C=O) groups excluding carboxylic acids is 2. The largest absolute Gasteiger partial charge is 0.326 e. The van der Waals surface area contributed by atoms with Gasteiger partial charge in [-0.25, -0.2) is 9.69 Å². The minimum Gasteiger partial charge on any atom is -0.319 e. The molecule has 1 saturated heterocycles. The van der Waals surface area contributed by atoms with Crippen LogP contribution in [0.15, 0.2) is 60.7 Å². The second-order valence-corrected chi connectivity index (χ2v) is 6.56. The number of hydrogen-bond donors (Lipinski definition) is 1. The second-order valence-electron chi connectivity index (χ2n) is 6.56.